The maximum atomic E-state index is 10.7. The van der Waals surface area contributed by atoms with Crippen molar-refractivity contribution in [2.75, 3.05) is 0 Å². The summed E-state index contributed by atoms with van der Waals surface area (Å²) in [5, 5.41) is 8.69. The number of hydrogen-bond donors (Lipinski definition) is 1. The van der Waals surface area contributed by atoms with E-state index in [1.165, 1.54) is 12.7 Å². The van der Waals surface area contributed by atoms with E-state index in [1.807, 2.05) is 0 Å². The van der Waals surface area contributed by atoms with Crippen molar-refractivity contribution in [1.29, 1.82) is 0 Å². The van der Waals surface area contributed by atoms with Gasteiger partial charge in [-0.1, -0.05) is 20.3 Å². The fraction of sp³-hybridized carbons (Fsp3) is 0.444. The van der Waals surface area contributed by atoms with Gasteiger partial charge in [-0.15, -0.1) is 0 Å². The molecule has 0 saturated carbocycles. The van der Waals surface area contributed by atoms with E-state index in [0.29, 0.717) is 5.56 Å². The van der Waals surface area contributed by atoms with E-state index in [0.717, 1.165) is 6.26 Å². The van der Waals surface area contributed by atoms with E-state index in [1.54, 1.807) is 6.92 Å². The monoisotopic (exact) mass is 170 g/mol. The van der Waals surface area contributed by atoms with Crippen molar-refractivity contribution < 1.29 is 9.52 Å². The molecule has 3 nitrogen and oxygen atoms in total. The Morgan fingerprint density at radius 1 is 1.42 bits per heavy atom. The van der Waals surface area contributed by atoms with Gasteiger partial charge in [0.2, 0.25) is 5.43 Å². The Bertz CT molecular complexity index is 252. The Morgan fingerprint density at radius 3 is 2.25 bits per heavy atom. The van der Waals surface area contributed by atoms with Crippen molar-refractivity contribution in [3.8, 4) is 5.75 Å². The fourth-order valence-electron chi connectivity index (χ4n) is 0.510. The average molecular weight is 170 g/mol. The molecule has 0 aromatic carbocycles. The Labute approximate surface area is 71.7 Å². The van der Waals surface area contributed by atoms with Crippen LogP contribution in [0.1, 0.15) is 25.8 Å². The van der Waals surface area contributed by atoms with E-state index >= 15 is 0 Å². The molecule has 1 aromatic rings. The molecule has 0 saturated heterocycles. The molecule has 0 atom stereocenters. The minimum absolute atomic E-state index is 0.338. The van der Waals surface area contributed by atoms with Gasteiger partial charge < -0.3 is 9.52 Å². The fourth-order valence-corrected chi connectivity index (χ4v) is 0.510. The van der Waals surface area contributed by atoms with Crippen molar-refractivity contribution in [3.63, 3.8) is 0 Å². The first-order chi connectivity index (χ1) is 5.63. The smallest absolute Gasteiger partial charge is 0.229 e. The summed E-state index contributed by atoms with van der Waals surface area (Å²) in [6.07, 6.45) is 3.55. The highest BCUT2D eigenvalue weighted by atomic mass is 16.3. The van der Waals surface area contributed by atoms with Gasteiger partial charge in [-0.05, 0) is 6.92 Å². The van der Waals surface area contributed by atoms with Crippen LogP contribution >= 0.6 is 0 Å². The van der Waals surface area contributed by atoms with Crippen molar-refractivity contribution in [1.82, 2.24) is 0 Å². The molecule has 1 aromatic heterocycles. The molecule has 0 radical (unpaired) electrons. The summed E-state index contributed by atoms with van der Waals surface area (Å²) in [6, 6.07) is 0. The van der Waals surface area contributed by atoms with E-state index in [-0.39, 0.29) is 11.2 Å². The van der Waals surface area contributed by atoms with Gasteiger partial charge in [0, 0.05) is 5.56 Å². The van der Waals surface area contributed by atoms with Crippen LogP contribution in [0.4, 0.5) is 0 Å². The first kappa shape index (κ1) is 10.8. The summed E-state index contributed by atoms with van der Waals surface area (Å²) in [4.78, 5) is 10.7. The van der Waals surface area contributed by atoms with Crippen molar-refractivity contribution >= 4 is 0 Å². The molecule has 0 amide bonds. The van der Waals surface area contributed by atoms with Crippen LogP contribution in [0.25, 0.3) is 0 Å². The zero-order valence-electron chi connectivity index (χ0n) is 7.63. The first-order valence-corrected chi connectivity index (χ1v) is 3.89. The molecule has 0 bridgehead atoms. The van der Waals surface area contributed by atoms with Gasteiger partial charge in [-0.2, -0.15) is 0 Å². The quantitative estimate of drug-likeness (QED) is 0.648. The molecular weight excluding hydrogens is 156 g/mol. The number of hydrogen-bond acceptors (Lipinski definition) is 3. The van der Waals surface area contributed by atoms with Gasteiger partial charge in [-0.3, -0.25) is 4.79 Å². The molecule has 0 unspecified atom stereocenters. The van der Waals surface area contributed by atoms with Crippen LogP contribution in [0.15, 0.2) is 21.7 Å². The minimum atomic E-state index is -0.374. The van der Waals surface area contributed by atoms with E-state index in [2.05, 4.69) is 18.3 Å². The lowest BCUT2D eigenvalue weighted by atomic mass is 10.3. The third kappa shape index (κ3) is 3.23. The van der Waals surface area contributed by atoms with Gasteiger partial charge in [0.25, 0.3) is 0 Å². The summed E-state index contributed by atoms with van der Waals surface area (Å²) in [5.41, 5.74) is 0.0382. The Hall–Kier alpha value is -1.25. The van der Waals surface area contributed by atoms with E-state index < -0.39 is 0 Å². The molecule has 1 heterocycles. The minimum Gasteiger partial charge on any atom is -0.502 e. The maximum Gasteiger partial charge on any atom is 0.229 e. The highest BCUT2D eigenvalue weighted by Crippen LogP contribution is 1.99. The maximum absolute atomic E-state index is 10.7. The molecular formula is C9H14O3. The molecule has 0 aliphatic carbocycles. The second-order valence-electron chi connectivity index (χ2n) is 2.48. The number of aryl methyl sites for hydroxylation is 1. The molecule has 12 heavy (non-hydrogen) atoms. The highest BCUT2D eigenvalue weighted by Gasteiger charge is 1.97. The third-order valence-electron chi connectivity index (χ3n) is 1.02. The van der Waals surface area contributed by atoms with E-state index in [9.17, 15) is 4.79 Å². The molecule has 1 rings (SSSR count). The Morgan fingerprint density at radius 2 is 1.92 bits per heavy atom. The molecule has 0 aliphatic heterocycles. The highest BCUT2D eigenvalue weighted by molar-refractivity contribution is 5.18. The zero-order valence-corrected chi connectivity index (χ0v) is 7.63. The summed E-state index contributed by atoms with van der Waals surface area (Å²) >= 11 is 0. The summed E-state index contributed by atoms with van der Waals surface area (Å²) in [5.74, 6) is -0.338. The predicted molar refractivity (Wildman–Crippen MR) is 47.3 cm³/mol. The van der Waals surface area contributed by atoms with Crippen LogP contribution < -0.4 is 5.43 Å². The molecule has 68 valence electrons. The lowest BCUT2D eigenvalue weighted by Crippen LogP contribution is -2.01. The summed E-state index contributed by atoms with van der Waals surface area (Å²) < 4.78 is 4.57. The molecule has 3 heteroatoms. The average Bonchev–Trinajstić information content (AvgIpc) is 2.02. The van der Waals surface area contributed by atoms with Crippen LogP contribution in [-0.4, -0.2) is 5.11 Å². The van der Waals surface area contributed by atoms with Crippen LogP contribution in [0.2, 0.25) is 0 Å². The van der Waals surface area contributed by atoms with Crippen LogP contribution in [0, 0.1) is 6.92 Å². The Balaban J connectivity index is 0.000000354. The largest absolute Gasteiger partial charge is 0.502 e. The van der Waals surface area contributed by atoms with Gasteiger partial charge in [0.15, 0.2) is 5.75 Å². The molecule has 0 spiro atoms. The van der Waals surface area contributed by atoms with Crippen molar-refractivity contribution in [2.24, 2.45) is 0 Å². The lowest BCUT2D eigenvalue weighted by Gasteiger charge is -1.88. The predicted octanol–water partition coefficient (Wildman–Crippen LogP) is 2.07. The topological polar surface area (TPSA) is 50.4 Å². The van der Waals surface area contributed by atoms with E-state index in [4.69, 9.17) is 5.11 Å². The van der Waals surface area contributed by atoms with Crippen LogP contribution in [0.5, 0.6) is 5.75 Å². The van der Waals surface area contributed by atoms with Crippen molar-refractivity contribution in [3.05, 3.63) is 28.3 Å². The first-order valence-electron chi connectivity index (χ1n) is 3.89. The van der Waals surface area contributed by atoms with Crippen LogP contribution in [0.3, 0.4) is 0 Å². The molecule has 1 N–H and O–H groups in total. The second-order valence-corrected chi connectivity index (χ2v) is 2.48. The van der Waals surface area contributed by atoms with Gasteiger partial charge in [0.1, 0.15) is 6.26 Å². The second kappa shape index (κ2) is 5.41. The standard InChI is InChI=1S/C6H6O3.C3H8/c1-4-2-9-3-5(7)6(4)8;1-3-2/h2-3,7H,1H3;3H2,1-2H3. The zero-order chi connectivity index (χ0) is 9.56. The third-order valence-corrected chi connectivity index (χ3v) is 1.02. The normalized spacial score (nSPS) is 8.58. The Kier molecular flexibility index (Phi) is 4.84. The number of aromatic hydroxyl groups is 1. The SMILES string of the molecule is CCC.Cc1cocc(O)c1=O. The van der Waals surface area contributed by atoms with Crippen molar-refractivity contribution in [2.45, 2.75) is 27.2 Å². The molecule has 0 aliphatic rings. The van der Waals surface area contributed by atoms with Gasteiger partial charge in [-0.25, -0.2) is 0 Å². The summed E-state index contributed by atoms with van der Waals surface area (Å²) in [6.45, 7) is 5.82. The molecule has 0 fully saturated rings. The number of rotatable bonds is 0. The van der Waals surface area contributed by atoms with Gasteiger partial charge in [0.05, 0.1) is 6.26 Å². The lowest BCUT2D eigenvalue weighted by molar-refractivity contribution is 0.427. The summed E-state index contributed by atoms with van der Waals surface area (Å²) in [7, 11) is 0. The van der Waals surface area contributed by atoms with Crippen LogP contribution in [-0.2, 0) is 0 Å². The van der Waals surface area contributed by atoms with Gasteiger partial charge >= 0.3 is 0 Å².